The van der Waals surface area contributed by atoms with E-state index in [1.807, 2.05) is 19.1 Å². The van der Waals surface area contributed by atoms with Crippen molar-refractivity contribution < 1.29 is 9.90 Å². The van der Waals surface area contributed by atoms with Crippen molar-refractivity contribution in [2.75, 3.05) is 0 Å². The quantitative estimate of drug-likeness (QED) is 0.838. The van der Waals surface area contributed by atoms with E-state index < -0.39 is 5.97 Å². The van der Waals surface area contributed by atoms with Crippen LogP contribution in [0.15, 0.2) is 31.0 Å². The van der Waals surface area contributed by atoms with Crippen LogP contribution in [0.2, 0.25) is 0 Å². The average molecular weight is 254 g/mol. The van der Waals surface area contributed by atoms with Crippen molar-refractivity contribution >= 4 is 28.0 Å². The standard InChI is InChI=1S/C15H14N2O2/c1-9(2)15-11-8-13-10(7-14(18)19)4-6-17(13)12(11)3-5-16-15/h3,5,7-8H,1,4,6H2,2H3,(H,18,19). The summed E-state index contributed by atoms with van der Waals surface area (Å²) in [6.07, 6.45) is 3.84. The van der Waals surface area contributed by atoms with Gasteiger partial charge in [0.05, 0.1) is 11.2 Å². The predicted octanol–water partition coefficient (Wildman–Crippen LogP) is 2.94. The van der Waals surface area contributed by atoms with Gasteiger partial charge < -0.3 is 9.67 Å². The molecule has 19 heavy (non-hydrogen) atoms. The van der Waals surface area contributed by atoms with Gasteiger partial charge in [-0.2, -0.15) is 0 Å². The van der Waals surface area contributed by atoms with Crippen LogP contribution in [-0.2, 0) is 11.3 Å². The molecular weight excluding hydrogens is 240 g/mol. The summed E-state index contributed by atoms with van der Waals surface area (Å²) < 4.78 is 2.15. The van der Waals surface area contributed by atoms with Crippen molar-refractivity contribution in [2.24, 2.45) is 0 Å². The number of aryl methyl sites for hydroxylation is 1. The number of carboxylic acids is 1. The monoisotopic (exact) mass is 254 g/mol. The molecule has 0 radical (unpaired) electrons. The van der Waals surface area contributed by atoms with Crippen LogP contribution in [0.4, 0.5) is 0 Å². The van der Waals surface area contributed by atoms with E-state index in [0.29, 0.717) is 0 Å². The number of aromatic nitrogens is 2. The molecule has 2 aromatic rings. The first-order valence-corrected chi connectivity index (χ1v) is 6.16. The average Bonchev–Trinajstić information content (AvgIpc) is 2.88. The molecule has 2 aromatic heterocycles. The zero-order chi connectivity index (χ0) is 13.6. The molecule has 0 saturated heterocycles. The summed E-state index contributed by atoms with van der Waals surface area (Å²) in [6, 6.07) is 3.99. The van der Waals surface area contributed by atoms with Gasteiger partial charge in [-0.05, 0) is 36.6 Å². The van der Waals surface area contributed by atoms with Crippen molar-refractivity contribution in [1.82, 2.24) is 9.55 Å². The number of carboxylic acid groups (broad SMARTS) is 1. The molecule has 0 spiro atoms. The minimum Gasteiger partial charge on any atom is -0.478 e. The van der Waals surface area contributed by atoms with Gasteiger partial charge in [0.1, 0.15) is 0 Å². The Morgan fingerprint density at radius 3 is 3.05 bits per heavy atom. The van der Waals surface area contributed by atoms with E-state index in [0.717, 1.165) is 46.4 Å². The first-order chi connectivity index (χ1) is 9.08. The number of pyridine rings is 1. The number of fused-ring (bicyclic) bond motifs is 3. The van der Waals surface area contributed by atoms with Gasteiger partial charge in [0.15, 0.2) is 0 Å². The van der Waals surface area contributed by atoms with Gasteiger partial charge in [0.25, 0.3) is 0 Å². The Bertz CT molecular complexity index is 738. The second-order valence-electron chi connectivity index (χ2n) is 4.81. The smallest absolute Gasteiger partial charge is 0.328 e. The van der Waals surface area contributed by atoms with Crippen molar-refractivity contribution in [3.63, 3.8) is 0 Å². The number of rotatable bonds is 2. The normalized spacial score (nSPS) is 15.9. The van der Waals surface area contributed by atoms with E-state index in [4.69, 9.17) is 5.11 Å². The Morgan fingerprint density at radius 1 is 1.58 bits per heavy atom. The SMILES string of the molecule is C=C(C)c1nccc2c1cc1n2CCC1=CC(=O)O. The molecule has 0 fully saturated rings. The summed E-state index contributed by atoms with van der Waals surface area (Å²) in [5.74, 6) is -0.896. The fourth-order valence-corrected chi connectivity index (χ4v) is 2.69. The molecule has 4 heteroatoms. The van der Waals surface area contributed by atoms with E-state index >= 15 is 0 Å². The molecule has 1 aliphatic heterocycles. The summed E-state index contributed by atoms with van der Waals surface area (Å²) in [5, 5.41) is 9.95. The minimum absolute atomic E-state index is 0.766. The summed E-state index contributed by atoms with van der Waals surface area (Å²) in [4.78, 5) is 15.2. The summed E-state index contributed by atoms with van der Waals surface area (Å²) in [7, 11) is 0. The fourth-order valence-electron chi connectivity index (χ4n) is 2.69. The number of allylic oxidation sites excluding steroid dienone is 2. The van der Waals surface area contributed by atoms with Gasteiger partial charge in [-0.25, -0.2) is 4.79 Å². The Labute approximate surface area is 110 Å². The van der Waals surface area contributed by atoms with Gasteiger partial charge in [-0.15, -0.1) is 0 Å². The third-order valence-electron chi connectivity index (χ3n) is 3.47. The van der Waals surface area contributed by atoms with Crippen LogP contribution in [-0.4, -0.2) is 20.6 Å². The molecule has 0 aromatic carbocycles. The lowest BCUT2D eigenvalue weighted by molar-refractivity contribution is -0.131. The van der Waals surface area contributed by atoms with E-state index in [1.54, 1.807) is 6.20 Å². The Hall–Kier alpha value is -2.36. The lowest BCUT2D eigenvalue weighted by Gasteiger charge is -2.03. The molecule has 1 N–H and O–H groups in total. The third kappa shape index (κ3) is 1.76. The number of aliphatic carboxylic acids is 1. The van der Waals surface area contributed by atoms with Crippen molar-refractivity contribution in [3.05, 3.63) is 42.4 Å². The van der Waals surface area contributed by atoms with E-state index in [-0.39, 0.29) is 0 Å². The molecule has 96 valence electrons. The zero-order valence-electron chi connectivity index (χ0n) is 10.7. The van der Waals surface area contributed by atoms with Crippen molar-refractivity contribution in [3.8, 4) is 0 Å². The maximum absolute atomic E-state index is 10.8. The third-order valence-corrected chi connectivity index (χ3v) is 3.47. The second-order valence-corrected chi connectivity index (χ2v) is 4.81. The number of carbonyl (C=O) groups is 1. The van der Waals surface area contributed by atoms with Gasteiger partial charge in [-0.1, -0.05) is 6.58 Å². The van der Waals surface area contributed by atoms with Crippen molar-refractivity contribution in [1.29, 1.82) is 0 Å². The molecule has 0 unspecified atom stereocenters. The van der Waals surface area contributed by atoms with Gasteiger partial charge in [0.2, 0.25) is 0 Å². The Morgan fingerprint density at radius 2 is 2.37 bits per heavy atom. The van der Waals surface area contributed by atoms with Crippen LogP contribution >= 0.6 is 0 Å². The molecule has 3 rings (SSSR count). The van der Waals surface area contributed by atoms with E-state index in [2.05, 4.69) is 16.1 Å². The lowest BCUT2D eigenvalue weighted by atomic mass is 10.1. The largest absolute Gasteiger partial charge is 0.478 e. The Balaban J connectivity index is 2.27. The van der Waals surface area contributed by atoms with E-state index in [1.165, 1.54) is 6.08 Å². The van der Waals surface area contributed by atoms with Gasteiger partial charge in [0, 0.05) is 29.9 Å². The molecule has 0 saturated carbocycles. The predicted molar refractivity (Wildman–Crippen MR) is 74.7 cm³/mol. The van der Waals surface area contributed by atoms with E-state index in [9.17, 15) is 4.79 Å². The molecule has 4 nitrogen and oxygen atoms in total. The van der Waals surface area contributed by atoms with Crippen LogP contribution < -0.4 is 0 Å². The highest BCUT2D eigenvalue weighted by molar-refractivity contribution is 5.97. The molecule has 0 bridgehead atoms. The van der Waals surface area contributed by atoms with Gasteiger partial charge in [-0.3, -0.25) is 4.98 Å². The molecule has 3 heterocycles. The van der Waals surface area contributed by atoms with Crippen molar-refractivity contribution in [2.45, 2.75) is 19.9 Å². The first-order valence-electron chi connectivity index (χ1n) is 6.16. The second kappa shape index (κ2) is 4.09. The fraction of sp³-hybridized carbons (Fsp3) is 0.200. The van der Waals surface area contributed by atoms with Gasteiger partial charge >= 0.3 is 5.97 Å². The maximum Gasteiger partial charge on any atom is 0.328 e. The number of hydrogen-bond acceptors (Lipinski definition) is 2. The minimum atomic E-state index is -0.896. The highest BCUT2D eigenvalue weighted by Gasteiger charge is 2.21. The number of hydrogen-bond donors (Lipinski definition) is 1. The zero-order valence-corrected chi connectivity index (χ0v) is 10.7. The maximum atomic E-state index is 10.8. The summed E-state index contributed by atoms with van der Waals surface area (Å²) in [5.41, 5.74) is 4.74. The lowest BCUT2D eigenvalue weighted by Crippen LogP contribution is -1.92. The first kappa shape index (κ1) is 11.7. The summed E-state index contributed by atoms with van der Waals surface area (Å²) >= 11 is 0. The van der Waals surface area contributed by atoms with Crippen LogP contribution in [0.25, 0.3) is 22.0 Å². The topological polar surface area (TPSA) is 55.1 Å². The Kier molecular flexibility index (Phi) is 2.52. The summed E-state index contributed by atoms with van der Waals surface area (Å²) in [6.45, 7) is 6.69. The molecular formula is C15H14N2O2. The van der Waals surface area contributed by atoms with Crippen LogP contribution in [0.3, 0.4) is 0 Å². The highest BCUT2D eigenvalue weighted by Crippen LogP contribution is 2.35. The molecule has 0 atom stereocenters. The molecule has 0 amide bonds. The van der Waals surface area contributed by atoms with Crippen LogP contribution in [0.5, 0.6) is 0 Å². The molecule has 0 aliphatic carbocycles. The van der Waals surface area contributed by atoms with Crippen LogP contribution in [0, 0.1) is 0 Å². The van der Waals surface area contributed by atoms with Crippen LogP contribution in [0.1, 0.15) is 24.7 Å². The number of nitrogens with zero attached hydrogens (tertiary/aromatic N) is 2. The molecule has 1 aliphatic rings. The highest BCUT2D eigenvalue weighted by atomic mass is 16.4.